The first-order chi connectivity index (χ1) is 15.5. The van der Waals surface area contributed by atoms with E-state index in [0.29, 0.717) is 31.4 Å². The van der Waals surface area contributed by atoms with Gasteiger partial charge in [0.05, 0.1) is 30.9 Å². The molecule has 32 heavy (non-hydrogen) atoms. The fraction of sp³-hybridized carbons (Fsp3) is 0.583. The number of fused-ring (bicyclic) bond motifs is 3. The van der Waals surface area contributed by atoms with Crippen LogP contribution in [0.25, 0.3) is 10.2 Å². The van der Waals surface area contributed by atoms with Crippen molar-refractivity contribution in [3.63, 3.8) is 0 Å². The van der Waals surface area contributed by atoms with Crippen LogP contribution >= 0.6 is 11.3 Å². The smallest absolute Gasteiger partial charge is 0.259 e. The van der Waals surface area contributed by atoms with Crippen molar-refractivity contribution in [2.45, 2.75) is 65.2 Å². The van der Waals surface area contributed by atoms with Gasteiger partial charge in [0.2, 0.25) is 0 Å². The standard InChI is InChI=1S/C24H33N3O4S/c1-16(2)9-10-27(12-17(28)14-30-15-18-6-5-11-31-18)13-21-25-23(29)22-19-7-3-4-8-20(19)32-24(22)26-21/h5-6,11,16-17,28H,3-4,7-10,12-15H2,1-2H3,(H,25,26,29)/t17-/m1/s1. The number of hydrogen-bond acceptors (Lipinski definition) is 7. The second-order valence-electron chi connectivity index (χ2n) is 9.07. The minimum atomic E-state index is -0.637. The molecule has 8 heteroatoms. The van der Waals surface area contributed by atoms with Gasteiger partial charge >= 0.3 is 0 Å². The van der Waals surface area contributed by atoms with Crippen LogP contribution in [0.15, 0.2) is 27.6 Å². The van der Waals surface area contributed by atoms with Crippen LogP contribution in [0.2, 0.25) is 0 Å². The molecular weight excluding hydrogens is 426 g/mol. The molecule has 0 aliphatic heterocycles. The number of nitrogens with zero attached hydrogens (tertiary/aromatic N) is 2. The molecule has 3 heterocycles. The minimum Gasteiger partial charge on any atom is -0.467 e. The van der Waals surface area contributed by atoms with Gasteiger partial charge in [0.1, 0.15) is 23.0 Å². The molecule has 3 aromatic heterocycles. The molecule has 0 saturated carbocycles. The molecule has 7 nitrogen and oxygen atoms in total. The van der Waals surface area contributed by atoms with Crippen molar-refractivity contribution in [3.05, 3.63) is 50.8 Å². The molecule has 0 aromatic carbocycles. The number of thiophene rings is 1. The van der Waals surface area contributed by atoms with Crippen molar-refractivity contribution in [1.29, 1.82) is 0 Å². The summed E-state index contributed by atoms with van der Waals surface area (Å²) in [5.41, 5.74) is 1.17. The average Bonchev–Trinajstić information content (AvgIpc) is 3.39. The summed E-state index contributed by atoms with van der Waals surface area (Å²) in [5.74, 6) is 1.94. The second-order valence-corrected chi connectivity index (χ2v) is 10.2. The Morgan fingerprint density at radius 3 is 2.97 bits per heavy atom. The molecule has 4 rings (SSSR count). The highest BCUT2D eigenvalue weighted by atomic mass is 32.1. The largest absolute Gasteiger partial charge is 0.467 e. The van der Waals surface area contributed by atoms with Crippen molar-refractivity contribution in [3.8, 4) is 0 Å². The Kier molecular flexibility index (Phi) is 7.78. The van der Waals surface area contributed by atoms with Crippen LogP contribution in [-0.2, 0) is 30.7 Å². The van der Waals surface area contributed by atoms with Crippen molar-refractivity contribution in [2.24, 2.45) is 5.92 Å². The maximum absolute atomic E-state index is 12.9. The molecular formula is C24H33N3O4S. The summed E-state index contributed by atoms with van der Waals surface area (Å²) < 4.78 is 10.9. The number of furan rings is 1. The Bertz CT molecular complexity index is 1060. The van der Waals surface area contributed by atoms with Gasteiger partial charge in [-0.2, -0.15) is 0 Å². The molecule has 1 aliphatic carbocycles. The lowest BCUT2D eigenvalue weighted by atomic mass is 9.97. The summed E-state index contributed by atoms with van der Waals surface area (Å²) in [4.78, 5) is 25.0. The fourth-order valence-electron chi connectivity index (χ4n) is 4.21. The van der Waals surface area contributed by atoms with Crippen LogP contribution in [0.4, 0.5) is 0 Å². The van der Waals surface area contributed by atoms with Crippen LogP contribution < -0.4 is 5.56 Å². The van der Waals surface area contributed by atoms with Gasteiger partial charge < -0.3 is 19.2 Å². The van der Waals surface area contributed by atoms with E-state index in [0.717, 1.165) is 48.2 Å². The van der Waals surface area contributed by atoms with E-state index in [1.54, 1.807) is 17.6 Å². The van der Waals surface area contributed by atoms with E-state index in [-0.39, 0.29) is 12.2 Å². The zero-order valence-electron chi connectivity index (χ0n) is 18.9. The maximum atomic E-state index is 12.9. The molecule has 0 unspecified atom stereocenters. The number of hydrogen-bond donors (Lipinski definition) is 2. The predicted molar refractivity (Wildman–Crippen MR) is 126 cm³/mol. The van der Waals surface area contributed by atoms with Crippen LogP contribution in [0.5, 0.6) is 0 Å². The molecule has 174 valence electrons. The number of aryl methyl sites for hydroxylation is 2. The summed E-state index contributed by atoms with van der Waals surface area (Å²) in [7, 11) is 0. The Morgan fingerprint density at radius 2 is 2.19 bits per heavy atom. The van der Waals surface area contributed by atoms with Gasteiger partial charge in [0.25, 0.3) is 5.56 Å². The lowest BCUT2D eigenvalue weighted by molar-refractivity contribution is 0.00291. The highest BCUT2D eigenvalue weighted by Crippen LogP contribution is 2.33. The van der Waals surface area contributed by atoms with E-state index in [4.69, 9.17) is 14.1 Å². The predicted octanol–water partition coefficient (Wildman–Crippen LogP) is 3.88. The van der Waals surface area contributed by atoms with Gasteiger partial charge in [0, 0.05) is 11.4 Å². The van der Waals surface area contributed by atoms with Gasteiger partial charge in [-0.05, 0) is 62.3 Å². The molecule has 1 atom stereocenters. The lowest BCUT2D eigenvalue weighted by Crippen LogP contribution is -2.36. The first-order valence-corrected chi connectivity index (χ1v) is 12.3. The van der Waals surface area contributed by atoms with Crippen LogP contribution in [0, 0.1) is 5.92 Å². The number of aromatic amines is 1. The van der Waals surface area contributed by atoms with Crippen LogP contribution in [0.3, 0.4) is 0 Å². The first-order valence-electron chi connectivity index (χ1n) is 11.5. The highest BCUT2D eigenvalue weighted by Gasteiger charge is 2.21. The number of H-pyrrole nitrogens is 1. The number of aliphatic hydroxyl groups excluding tert-OH is 1. The van der Waals surface area contributed by atoms with Crippen LogP contribution in [0.1, 0.15) is 55.1 Å². The minimum absolute atomic E-state index is 0.0319. The summed E-state index contributed by atoms with van der Waals surface area (Å²) >= 11 is 1.67. The summed E-state index contributed by atoms with van der Waals surface area (Å²) in [6, 6.07) is 3.67. The Labute approximate surface area is 192 Å². The zero-order valence-corrected chi connectivity index (χ0v) is 19.7. The third-order valence-corrected chi connectivity index (χ3v) is 7.06. The maximum Gasteiger partial charge on any atom is 0.259 e. The quantitative estimate of drug-likeness (QED) is 0.452. The third-order valence-electron chi connectivity index (χ3n) is 5.87. The van der Waals surface area contributed by atoms with E-state index >= 15 is 0 Å². The summed E-state index contributed by atoms with van der Waals surface area (Å²) in [6.07, 6.45) is 6.33. The lowest BCUT2D eigenvalue weighted by Gasteiger charge is -2.25. The SMILES string of the molecule is CC(C)CCN(Cc1nc2sc3c(c2c(=O)[nH]1)CCCC3)C[C@@H](O)COCc1ccco1. The monoisotopic (exact) mass is 459 g/mol. The molecule has 0 saturated heterocycles. The van der Waals surface area contributed by atoms with Crippen LogP contribution in [-0.4, -0.2) is 45.8 Å². The topological polar surface area (TPSA) is 91.6 Å². The van der Waals surface area contributed by atoms with Crippen molar-refractivity contribution >= 4 is 21.6 Å². The van der Waals surface area contributed by atoms with Gasteiger partial charge in [-0.3, -0.25) is 9.69 Å². The number of rotatable bonds is 11. The molecule has 0 amide bonds. The number of ether oxygens (including phenoxy) is 1. The average molecular weight is 460 g/mol. The second kappa shape index (κ2) is 10.7. The number of aliphatic hydroxyl groups is 1. The third kappa shape index (κ3) is 5.86. The molecule has 0 spiro atoms. The molecule has 0 fully saturated rings. The van der Waals surface area contributed by atoms with Gasteiger partial charge in [-0.25, -0.2) is 4.98 Å². The van der Waals surface area contributed by atoms with E-state index < -0.39 is 6.10 Å². The summed E-state index contributed by atoms with van der Waals surface area (Å²) in [6.45, 7) is 6.69. The molecule has 1 aliphatic rings. The molecule has 2 N–H and O–H groups in total. The Morgan fingerprint density at radius 1 is 1.34 bits per heavy atom. The molecule has 0 radical (unpaired) electrons. The van der Waals surface area contributed by atoms with Gasteiger partial charge in [0.15, 0.2) is 0 Å². The van der Waals surface area contributed by atoms with E-state index in [9.17, 15) is 9.90 Å². The van der Waals surface area contributed by atoms with Gasteiger partial charge in [-0.15, -0.1) is 11.3 Å². The summed E-state index contributed by atoms with van der Waals surface area (Å²) in [5, 5.41) is 11.3. The van der Waals surface area contributed by atoms with Gasteiger partial charge in [-0.1, -0.05) is 13.8 Å². The normalized spacial score (nSPS) is 15.0. The van der Waals surface area contributed by atoms with Crippen molar-refractivity contribution < 1.29 is 14.3 Å². The molecule has 0 bridgehead atoms. The molecule has 3 aromatic rings. The van der Waals surface area contributed by atoms with E-state index in [1.807, 2.05) is 12.1 Å². The zero-order chi connectivity index (χ0) is 22.5. The Balaban J connectivity index is 1.43. The van der Waals surface area contributed by atoms with Crippen molar-refractivity contribution in [2.75, 3.05) is 19.7 Å². The fourth-order valence-corrected chi connectivity index (χ4v) is 5.49. The number of nitrogens with one attached hydrogen (secondary N) is 1. The number of aromatic nitrogens is 2. The first kappa shape index (κ1) is 23.2. The van der Waals surface area contributed by atoms with E-state index in [1.165, 1.54) is 16.9 Å². The Hall–Kier alpha value is -2.00. The van der Waals surface area contributed by atoms with E-state index in [2.05, 4.69) is 23.7 Å². The van der Waals surface area contributed by atoms with Crippen molar-refractivity contribution in [1.82, 2.24) is 14.9 Å². The highest BCUT2D eigenvalue weighted by molar-refractivity contribution is 7.18.